The van der Waals surface area contributed by atoms with Crippen molar-refractivity contribution < 1.29 is 45.4 Å². The van der Waals surface area contributed by atoms with E-state index in [0.717, 1.165) is 29.5 Å². The highest BCUT2D eigenvalue weighted by atomic mass is 32.2. The molecule has 39 heavy (non-hydrogen) atoms. The lowest BCUT2D eigenvalue weighted by Gasteiger charge is -2.35. The Labute approximate surface area is 229 Å². The van der Waals surface area contributed by atoms with E-state index in [4.69, 9.17) is 9.47 Å². The summed E-state index contributed by atoms with van der Waals surface area (Å²) in [5.41, 5.74) is -2.39. The second-order valence-corrected chi connectivity index (χ2v) is 12.3. The van der Waals surface area contributed by atoms with Gasteiger partial charge in [-0.1, -0.05) is 24.3 Å². The molecule has 0 radical (unpaired) electrons. The van der Waals surface area contributed by atoms with Crippen LogP contribution < -0.4 is 13.8 Å². The van der Waals surface area contributed by atoms with Crippen molar-refractivity contribution in [3.63, 3.8) is 0 Å². The Hall–Kier alpha value is -2.87. The Morgan fingerprint density at radius 3 is 2.51 bits per heavy atom. The van der Waals surface area contributed by atoms with Gasteiger partial charge in [0, 0.05) is 6.42 Å². The molecule has 1 aliphatic heterocycles. The Kier molecular flexibility index (Phi) is 9.20. The van der Waals surface area contributed by atoms with E-state index in [1.807, 2.05) is 6.92 Å². The number of alkyl halides is 3. The minimum absolute atomic E-state index is 0.0832. The van der Waals surface area contributed by atoms with Crippen LogP contribution >= 0.6 is 11.3 Å². The lowest BCUT2D eigenvalue weighted by Crippen LogP contribution is -2.44. The summed E-state index contributed by atoms with van der Waals surface area (Å²) >= 11 is 1.12. The molecule has 1 atom stereocenters. The van der Waals surface area contributed by atoms with Gasteiger partial charge in [-0.15, -0.1) is 0 Å². The normalized spacial score (nSPS) is 15.9. The van der Waals surface area contributed by atoms with Gasteiger partial charge >= 0.3 is 12.1 Å². The third-order valence-electron chi connectivity index (χ3n) is 5.90. The Morgan fingerprint density at radius 1 is 1.23 bits per heavy atom. The number of aryl methyl sites for hydroxylation is 1. The summed E-state index contributed by atoms with van der Waals surface area (Å²) < 4.78 is 84.6. The number of carbonyl (C=O) groups excluding carboxylic acids is 2. The van der Waals surface area contributed by atoms with Gasteiger partial charge in [-0.3, -0.25) is 9.10 Å². The molecule has 1 aliphatic rings. The zero-order valence-corrected chi connectivity index (χ0v) is 23.9. The minimum atomic E-state index is -4.77. The first kappa shape index (κ1) is 30.7. The number of esters is 1. The lowest BCUT2D eigenvalue weighted by molar-refractivity contribution is -0.257. The first-order valence-electron chi connectivity index (χ1n) is 12.3. The molecule has 0 unspecified atom stereocenters. The number of hydrogen-bond acceptors (Lipinski definition) is 9. The van der Waals surface area contributed by atoms with Crippen LogP contribution in [0.5, 0.6) is 10.8 Å². The molecule has 0 fully saturated rings. The zero-order valence-electron chi connectivity index (χ0n) is 22.3. The molecule has 2 aromatic rings. The molecule has 14 heteroatoms. The molecule has 1 aromatic heterocycles. The summed E-state index contributed by atoms with van der Waals surface area (Å²) in [5.74, 6) is -1.04. The fourth-order valence-corrected chi connectivity index (χ4v) is 6.50. The molecule has 216 valence electrons. The first-order valence-corrected chi connectivity index (χ1v) is 14.6. The predicted molar refractivity (Wildman–Crippen MR) is 138 cm³/mol. The third kappa shape index (κ3) is 7.02. The van der Waals surface area contributed by atoms with Crippen molar-refractivity contribution >= 4 is 38.8 Å². The number of carbonyl (C=O) groups is 2. The SMILES string of the molecule is CCOc1sc(CC)nc1S(=O)(=O)N1C[C@H](CCC(C)=O)Oc2ccc(CC(=O)OC(C)(C)C(F)(F)F)cc21. The predicted octanol–water partition coefficient (Wildman–Crippen LogP) is 4.86. The Bertz CT molecular complexity index is 1320. The van der Waals surface area contributed by atoms with Gasteiger partial charge in [0.15, 0.2) is 0 Å². The molecule has 0 amide bonds. The number of thiazole rings is 1. The van der Waals surface area contributed by atoms with Crippen LogP contribution in [0.4, 0.5) is 18.9 Å². The zero-order chi connectivity index (χ0) is 29.2. The molecular formula is C25H31F3N2O7S2. The van der Waals surface area contributed by atoms with Gasteiger partial charge in [0.25, 0.3) is 10.0 Å². The monoisotopic (exact) mass is 592 g/mol. The van der Waals surface area contributed by atoms with Crippen molar-refractivity contribution in [1.29, 1.82) is 0 Å². The standard InChI is InChI=1S/C25H31F3N2O7S2/c1-6-20-29-22(23(38-20)35-7-2)39(33,34)30-14-17(10-8-15(3)31)36-19-11-9-16(12-18(19)30)13-21(32)37-24(4,5)25(26,27)28/h9,11-12,17H,6-8,10,13-14H2,1-5H3/t17-/m0/s1. The maximum Gasteiger partial charge on any atom is 0.427 e. The van der Waals surface area contributed by atoms with Crippen molar-refractivity contribution in [2.75, 3.05) is 17.5 Å². The highest BCUT2D eigenvalue weighted by molar-refractivity contribution is 7.93. The van der Waals surface area contributed by atoms with Crippen LogP contribution in [0, 0.1) is 0 Å². The summed E-state index contributed by atoms with van der Waals surface area (Å²) in [6, 6.07) is 4.25. The number of hydrogen-bond donors (Lipinski definition) is 0. The van der Waals surface area contributed by atoms with Crippen molar-refractivity contribution in [2.24, 2.45) is 0 Å². The summed E-state index contributed by atoms with van der Waals surface area (Å²) in [6.45, 7) is 6.53. The van der Waals surface area contributed by atoms with Crippen molar-refractivity contribution in [3.05, 3.63) is 28.8 Å². The topological polar surface area (TPSA) is 112 Å². The summed E-state index contributed by atoms with van der Waals surface area (Å²) in [7, 11) is -4.30. The van der Waals surface area contributed by atoms with Crippen molar-refractivity contribution in [2.45, 2.75) is 83.2 Å². The number of aromatic nitrogens is 1. The van der Waals surface area contributed by atoms with Gasteiger partial charge in [-0.05, 0) is 58.2 Å². The maximum atomic E-state index is 13.9. The average molecular weight is 593 g/mol. The van der Waals surface area contributed by atoms with E-state index in [2.05, 4.69) is 9.72 Å². The molecule has 0 bridgehead atoms. The number of ketones is 1. The van der Waals surface area contributed by atoms with Crippen LogP contribution in [0.2, 0.25) is 0 Å². The number of Topliss-reactive ketones (excluding diaryl/α,β-unsaturated/α-hetero) is 1. The summed E-state index contributed by atoms with van der Waals surface area (Å²) in [6.07, 6.45) is -5.03. The second kappa shape index (κ2) is 11.7. The largest absolute Gasteiger partial charge is 0.486 e. The average Bonchev–Trinajstić information content (AvgIpc) is 3.25. The van der Waals surface area contributed by atoms with Gasteiger partial charge in [0.2, 0.25) is 15.7 Å². The molecule has 0 saturated carbocycles. The Morgan fingerprint density at radius 2 is 1.92 bits per heavy atom. The fraction of sp³-hybridized carbons (Fsp3) is 0.560. The van der Waals surface area contributed by atoms with Crippen LogP contribution in [0.3, 0.4) is 0 Å². The van der Waals surface area contributed by atoms with E-state index in [1.165, 1.54) is 25.1 Å². The first-order chi connectivity index (χ1) is 18.1. The van der Waals surface area contributed by atoms with Gasteiger partial charge < -0.3 is 19.0 Å². The number of nitrogens with zero attached hydrogens (tertiary/aromatic N) is 2. The number of rotatable bonds is 11. The number of fused-ring (bicyclic) bond motifs is 1. The van der Waals surface area contributed by atoms with E-state index in [9.17, 15) is 31.2 Å². The maximum absolute atomic E-state index is 13.9. The molecule has 9 nitrogen and oxygen atoms in total. The third-order valence-corrected chi connectivity index (χ3v) is 8.83. The minimum Gasteiger partial charge on any atom is -0.486 e. The molecule has 0 N–H and O–H groups in total. The highest BCUT2D eigenvalue weighted by Crippen LogP contribution is 2.42. The van der Waals surface area contributed by atoms with Gasteiger partial charge in [0.05, 0.1) is 30.3 Å². The van der Waals surface area contributed by atoms with E-state index in [0.29, 0.717) is 11.4 Å². The highest BCUT2D eigenvalue weighted by Gasteiger charge is 2.50. The van der Waals surface area contributed by atoms with Crippen LogP contribution in [0.15, 0.2) is 23.2 Å². The smallest absolute Gasteiger partial charge is 0.427 e. The fourth-order valence-electron chi connectivity index (χ4n) is 3.73. The molecule has 0 saturated heterocycles. The number of benzene rings is 1. The van der Waals surface area contributed by atoms with Gasteiger partial charge in [0.1, 0.15) is 17.6 Å². The molecule has 3 rings (SSSR count). The number of halogens is 3. The van der Waals surface area contributed by atoms with E-state index < -0.39 is 40.3 Å². The summed E-state index contributed by atoms with van der Waals surface area (Å²) in [5, 5.41) is 0.431. The number of sulfonamides is 1. The Balaban J connectivity index is 2.01. The molecule has 0 spiro atoms. The molecule has 1 aromatic carbocycles. The second-order valence-electron chi connectivity index (χ2n) is 9.46. The van der Waals surface area contributed by atoms with Crippen LogP contribution in [-0.4, -0.2) is 56.2 Å². The van der Waals surface area contributed by atoms with Crippen molar-refractivity contribution in [1.82, 2.24) is 4.98 Å². The number of anilines is 1. The molecule has 0 aliphatic carbocycles. The van der Waals surface area contributed by atoms with Gasteiger partial charge in [-0.25, -0.2) is 4.98 Å². The molecular weight excluding hydrogens is 561 g/mol. The lowest BCUT2D eigenvalue weighted by atomic mass is 10.1. The quantitative estimate of drug-likeness (QED) is 0.340. The van der Waals surface area contributed by atoms with Crippen LogP contribution in [-0.2, 0) is 37.2 Å². The van der Waals surface area contributed by atoms with Crippen molar-refractivity contribution in [3.8, 4) is 10.8 Å². The number of ether oxygens (including phenoxy) is 3. The van der Waals surface area contributed by atoms with E-state index >= 15 is 0 Å². The van der Waals surface area contributed by atoms with E-state index in [-0.39, 0.29) is 58.9 Å². The van der Waals surface area contributed by atoms with Gasteiger partial charge in [-0.2, -0.15) is 21.6 Å². The van der Waals surface area contributed by atoms with Crippen LogP contribution in [0.25, 0.3) is 0 Å². The van der Waals surface area contributed by atoms with Crippen LogP contribution in [0.1, 0.15) is 58.0 Å². The molecule has 2 heterocycles. The van der Waals surface area contributed by atoms with E-state index in [1.54, 1.807) is 6.92 Å². The summed E-state index contributed by atoms with van der Waals surface area (Å²) in [4.78, 5) is 28.2.